The topological polar surface area (TPSA) is 38.3 Å². The van der Waals surface area contributed by atoms with Gasteiger partial charge in [-0.3, -0.25) is 4.79 Å². The Kier molecular flexibility index (Phi) is 14.7. The summed E-state index contributed by atoms with van der Waals surface area (Å²) in [6.45, 7) is 16.5. The van der Waals surface area contributed by atoms with Gasteiger partial charge in [0.05, 0.1) is 31.1 Å². The minimum atomic E-state index is -0.154. The summed E-state index contributed by atoms with van der Waals surface area (Å²) in [5.41, 5.74) is 1.11. The maximum atomic E-state index is 12.4. The molecule has 0 aliphatic rings. The van der Waals surface area contributed by atoms with E-state index in [1.54, 1.807) is 0 Å². The summed E-state index contributed by atoms with van der Waals surface area (Å²) in [5, 5.41) is 3.06. The van der Waals surface area contributed by atoms with Crippen LogP contribution in [0.25, 0.3) is 0 Å². The van der Waals surface area contributed by atoms with Crippen LogP contribution in [0.4, 0.5) is 0 Å². The van der Waals surface area contributed by atoms with Crippen LogP contribution in [0.5, 0.6) is 0 Å². The van der Waals surface area contributed by atoms with Gasteiger partial charge in [0.25, 0.3) is 0 Å². The molecule has 0 radical (unpaired) electrons. The van der Waals surface area contributed by atoms with Crippen molar-refractivity contribution >= 4 is 21.8 Å². The molecule has 0 spiro atoms. The van der Waals surface area contributed by atoms with E-state index in [9.17, 15) is 4.79 Å². The van der Waals surface area contributed by atoms with Crippen molar-refractivity contribution in [2.45, 2.75) is 52.0 Å². The highest BCUT2D eigenvalue weighted by Crippen LogP contribution is 2.18. The van der Waals surface area contributed by atoms with E-state index >= 15 is 0 Å². The number of ether oxygens (including phenoxy) is 1. The van der Waals surface area contributed by atoms with Crippen molar-refractivity contribution in [2.24, 2.45) is 5.92 Å². The largest absolute Gasteiger partial charge is 1.00 e. The minimum absolute atomic E-state index is 0. The fourth-order valence-electron chi connectivity index (χ4n) is 3.30. The summed E-state index contributed by atoms with van der Waals surface area (Å²) >= 11 is 3.50. The van der Waals surface area contributed by atoms with E-state index in [1.165, 1.54) is 0 Å². The van der Waals surface area contributed by atoms with E-state index in [4.69, 9.17) is 4.74 Å². The van der Waals surface area contributed by atoms with Gasteiger partial charge in [-0.15, -0.1) is 0 Å². The summed E-state index contributed by atoms with van der Waals surface area (Å²) in [6, 6.07) is 10.2. The second-order valence-electron chi connectivity index (χ2n) is 7.63. The Balaban J connectivity index is 0.00000729. The number of rotatable bonds is 13. The zero-order chi connectivity index (χ0) is 20.3. The molecule has 4 nitrogen and oxygen atoms in total. The van der Waals surface area contributed by atoms with Crippen LogP contribution in [0, 0.1) is 5.92 Å². The predicted octanol–water partition coefficient (Wildman–Crippen LogP) is 1.55. The highest BCUT2D eigenvalue weighted by molar-refractivity contribution is 9.10. The zero-order valence-corrected chi connectivity index (χ0v) is 21.8. The molecule has 2 atom stereocenters. The first kappa shape index (κ1) is 27.8. The smallest absolute Gasteiger partial charge is 0.233 e. The van der Waals surface area contributed by atoms with Gasteiger partial charge >= 0.3 is 0 Å². The Labute approximate surface area is 197 Å². The van der Waals surface area contributed by atoms with E-state index in [0.29, 0.717) is 19.1 Å². The molecule has 0 bridgehead atoms. The minimum Gasteiger partial charge on any atom is -1.00 e. The first-order valence-electron chi connectivity index (χ1n) is 10.3. The number of nitrogens with zero attached hydrogens (tertiary/aromatic N) is 1. The molecule has 0 aliphatic carbocycles. The molecule has 0 saturated heterocycles. The molecule has 162 valence electrons. The number of benzene rings is 1. The van der Waals surface area contributed by atoms with Crippen LogP contribution >= 0.6 is 15.9 Å². The third-order valence-corrected chi connectivity index (χ3v) is 6.28. The van der Waals surface area contributed by atoms with Crippen LogP contribution in [-0.2, 0) is 9.53 Å². The summed E-state index contributed by atoms with van der Waals surface area (Å²) in [4.78, 5) is 12.2. The lowest BCUT2D eigenvalue weighted by molar-refractivity contribution is -0.923. The van der Waals surface area contributed by atoms with Gasteiger partial charge in [-0.1, -0.05) is 60.1 Å². The van der Waals surface area contributed by atoms with Crippen LogP contribution in [-0.4, -0.2) is 54.5 Å². The van der Waals surface area contributed by atoms with Crippen LogP contribution in [0.15, 0.2) is 30.3 Å². The Morgan fingerprint density at radius 3 is 2.18 bits per heavy atom. The fourth-order valence-corrected chi connectivity index (χ4v) is 4.21. The maximum absolute atomic E-state index is 12.4. The molecule has 1 aromatic carbocycles. The molecule has 28 heavy (non-hydrogen) atoms. The Morgan fingerprint density at radius 2 is 1.68 bits per heavy atom. The molecule has 0 fully saturated rings. The summed E-state index contributed by atoms with van der Waals surface area (Å²) in [5.74, 6) is 0.512. The first-order chi connectivity index (χ1) is 12.9. The molecular weight excluding hydrogens is 531 g/mol. The van der Waals surface area contributed by atoms with Crippen molar-refractivity contribution in [1.29, 1.82) is 0 Å². The van der Waals surface area contributed by atoms with Crippen molar-refractivity contribution in [1.82, 2.24) is 5.32 Å². The number of quaternary nitrogens is 1. The van der Waals surface area contributed by atoms with Crippen molar-refractivity contribution in [2.75, 3.05) is 39.3 Å². The van der Waals surface area contributed by atoms with Gasteiger partial charge < -0.3 is 38.5 Å². The van der Waals surface area contributed by atoms with Gasteiger partial charge in [-0.2, -0.15) is 0 Å². The van der Waals surface area contributed by atoms with E-state index in [2.05, 4.69) is 68.0 Å². The standard InChI is InChI=1S/C22H37BrN2O2.HI/c1-6-25(7-2,8-3)14-15-27-21(19-12-10-9-11-13-19)17-24-22(26)20(23)16-18(4)5;/h9-13,18,20-21H,6-8,14-17H2,1-5H3;1H/t20-,21?;/m0./s1. The second-order valence-corrected chi connectivity index (χ2v) is 8.73. The molecule has 0 saturated carbocycles. The number of hydrogen-bond donors (Lipinski definition) is 1. The van der Waals surface area contributed by atoms with Crippen molar-refractivity contribution in [3.05, 3.63) is 35.9 Å². The summed E-state index contributed by atoms with van der Waals surface area (Å²) < 4.78 is 7.32. The predicted molar refractivity (Wildman–Crippen MR) is 117 cm³/mol. The molecule has 0 heterocycles. The van der Waals surface area contributed by atoms with Gasteiger partial charge in [0.1, 0.15) is 12.6 Å². The summed E-state index contributed by atoms with van der Waals surface area (Å²) in [7, 11) is 0. The average molecular weight is 569 g/mol. The van der Waals surface area contributed by atoms with E-state index in [-0.39, 0.29) is 40.8 Å². The molecule has 0 aliphatic heterocycles. The van der Waals surface area contributed by atoms with E-state index in [0.717, 1.165) is 42.6 Å². The molecule has 1 N–H and O–H groups in total. The third kappa shape index (κ3) is 9.55. The lowest BCUT2D eigenvalue weighted by Crippen LogP contribution is -3.00. The number of amides is 1. The number of nitrogens with one attached hydrogen (secondary N) is 1. The molecule has 0 aromatic heterocycles. The molecule has 6 heteroatoms. The summed E-state index contributed by atoms with van der Waals surface area (Å²) in [6.07, 6.45) is 0.702. The van der Waals surface area contributed by atoms with Crippen molar-refractivity contribution < 1.29 is 38.0 Å². The van der Waals surface area contributed by atoms with Crippen LogP contribution in [0.2, 0.25) is 0 Å². The van der Waals surface area contributed by atoms with Crippen molar-refractivity contribution in [3.63, 3.8) is 0 Å². The molecule has 1 rings (SSSR count). The van der Waals surface area contributed by atoms with Gasteiger partial charge in [0, 0.05) is 6.54 Å². The van der Waals surface area contributed by atoms with Crippen LogP contribution in [0.1, 0.15) is 52.7 Å². The second kappa shape index (κ2) is 14.7. The van der Waals surface area contributed by atoms with Crippen LogP contribution < -0.4 is 29.3 Å². The zero-order valence-electron chi connectivity index (χ0n) is 18.1. The molecule has 1 unspecified atom stereocenters. The average Bonchev–Trinajstić information content (AvgIpc) is 2.68. The number of likely N-dealkylation sites (N-methyl/N-ethyl adjacent to an activating group) is 1. The fraction of sp³-hybridized carbons (Fsp3) is 0.682. The lowest BCUT2D eigenvalue weighted by Gasteiger charge is -2.36. The molecular formula is C22H38BrIN2O2. The number of hydrogen-bond acceptors (Lipinski definition) is 2. The van der Waals surface area contributed by atoms with E-state index in [1.807, 2.05) is 18.2 Å². The van der Waals surface area contributed by atoms with Gasteiger partial charge in [0.15, 0.2) is 0 Å². The monoisotopic (exact) mass is 568 g/mol. The highest BCUT2D eigenvalue weighted by atomic mass is 127. The van der Waals surface area contributed by atoms with Gasteiger partial charge in [0.2, 0.25) is 5.91 Å². The Hall–Kier alpha value is -0.180. The lowest BCUT2D eigenvalue weighted by atomic mass is 10.1. The number of carbonyl (C=O) groups excluding carboxylic acids is 1. The Bertz CT molecular complexity index is 530. The Morgan fingerprint density at radius 1 is 1.11 bits per heavy atom. The molecule has 1 aromatic rings. The van der Waals surface area contributed by atoms with Crippen LogP contribution in [0.3, 0.4) is 0 Å². The van der Waals surface area contributed by atoms with E-state index < -0.39 is 0 Å². The van der Waals surface area contributed by atoms with Crippen molar-refractivity contribution in [3.8, 4) is 0 Å². The number of halogens is 2. The quantitative estimate of drug-likeness (QED) is 0.223. The highest BCUT2D eigenvalue weighted by Gasteiger charge is 2.23. The van der Waals surface area contributed by atoms with Gasteiger partial charge in [-0.05, 0) is 38.7 Å². The number of carbonyl (C=O) groups is 1. The molecule has 1 amide bonds. The van der Waals surface area contributed by atoms with Gasteiger partial charge in [-0.25, -0.2) is 0 Å². The normalized spacial score (nSPS) is 13.7. The SMILES string of the molecule is CC[N+](CC)(CC)CCOC(CNC(=O)[C@@H](Br)CC(C)C)c1ccccc1.[I-]. The number of alkyl halides is 1. The first-order valence-corrected chi connectivity index (χ1v) is 11.2. The maximum Gasteiger partial charge on any atom is 0.233 e. The third-order valence-electron chi connectivity index (χ3n) is 5.49.